The van der Waals surface area contributed by atoms with Gasteiger partial charge >= 0.3 is 0 Å². The molecule has 4 rings (SSSR count). The summed E-state index contributed by atoms with van der Waals surface area (Å²) in [5, 5.41) is 0. The van der Waals surface area contributed by atoms with Crippen molar-refractivity contribution >= 4 is 17.1 Å². The molecule has 0 N–H and O–H groups in total. The monoisotopic (exact) mass is 338 g/mol. The number of halogens is 1. The standard InChI is InChI=1S/C19H19FN4O/c1-14-21-18(17-4-2-3-9-24(14)17)19(25)23-12-10-22(11-13-23)16-7-5-15(20)6-8-16/h2-9H,10-13H2,1H3. The lowest BCUT2D eigenvalue weighted by Gasteiger charge is -2.35. The molecule has 1 fully saturated rings. The molecule has 0 radical (unpaired) electrons. The van der Waals surface area contributed by atoms with Crippen molar-refractivity contribution in [1.29, 1.82) is 0 Å². The van der Waals surface area contributed by atoms with Gasteiger partial charge in [-0.25, -0.2) is 9.37 Å². The number of anilines is 1. The highest BCUT2D eigenvalue weighted by Crippen LogP contribution is 2.19. The number of piperazine rings is 1. The fourth-order valence-electron chi connectivity index (χ4n) is 3.32. The van der Waals surface area contributed by atoms with Gasteiger partial charge < -0.3 is 14.2 Å². The lowest BCUT2D eigenvalue weighted by Crippen LogP contribution is -2.49. The first-order valence-corrected chi connectivity index (χ1v) is 8.37. The number of nitrogens with zero attached hydrogens (tertiary/aromatic N) is 4. The molecule has 3 heterocycles. The minimum Gasteiger partial charge on any atom is -0.368 e. The Kier molecular flexibility index (Phi) is 3.87. The van der Waals surface area contributed by atoms with Crippen LogP contribution in [0.25, 0.3) is 5.52 Å². The molecule has 128 valence electrons. The molecular weight excluding hydrogens is 319 g/mol. The van der Waals surface area contributed by atoms with Crippen molar-refractivity contribution < 1.29 is 9.18 Å². The molecule has 3 aromatic rings. The summed E-state index contributed by atoms with van der Waals surface area (Å²) in [6, 6.07) is 12.2. The molecular formula is C19H19FN4O. The van der Waals surface area contributed by atoms with E-state index < -0.39 is 0 Å². The van der Waals surface area contributed by atoms with Gasteiger partial charge in [0.15, 0.2) is 5.69 Å². The average Bonchev–Trinajstić information content (AvgIpc) is 2.99. The molecule has 0 aliphatic carbocycles. The van der Waals surface area contributed by atoms with Gasteiger partial charge in [-0.2, -0.15) is 0 Å². The number of aromatic nitrogens is 2. The van der Waals surface area contributed by atoms with E-state index in [1.54, 1.807) is 12.1 Å². The zero-order chi connectivity index (χ0) is 17.4. The third-order valence-corrected chi connectivity index (χ3v) is 4.69. The molecule has 0 atom stereocenters. The van der Waals surface area contributed by atoms with Crippen LogP contribution >= 0.6 is 0 Å². The van der Waals surface area contributed by atoms with E-state index >= 15 is 0 Å². The van der Waals surface area contributed by atoms with Crippen LogP contribution in [0.2, 0.25) is 0 Å². The van der Waals surface area contributed by atoms with Gasteiger partial charge in [0.1, 0.15) is 11.6 Å². The summed E-state index contributed by atoms with van der Waals surface area (Å²) < 4.78 is 15.0. The first-order valence-electron chi connectivity index (χ1n) is 8.37. The number of hydrogen-bond acceptors (Lipinski definition) is 3. The smallest absolute Gasteiger partial charge is 0.274 e. The number of carbonyl (C=O) groups is 1. The van der Waals surface area contributed by atoms with Crippen LogP contribution in [-0.4, -0.2) is 46.4 Å². The summed E-state index contributed by atoms with van der Waals surface area (Å²) in [7, 11) is 0. The van der Waals surface area contributed by atoms with E-state index in [1.807, 2.05) is 40.6 Å². The third kappa shape index (κ3) is 2.84. The normalized spacial score (nSPS) is 15.0. The second kappa shape index (κ2) is 6.20. The van der Waals surface area contributed by atoms with Gasteiger partial charge in [-0.3, -0.25) is 4.79 Å². The average molecular weight is 338 g/mol. The van der Waals surface area contributed by atoms with Gasteiger partial charge in [-0.1, -0.05) is 6.07 Å². The highest BCUT2D eigenvalue weighted by molar-refractivity contribution is 5.99. The van der Waals surface area contributed by atoms with Gasteiger partial charge in [-0.15, -0.1) is 0 Å². The van der Waals surface area contributed by atoms with Crippen LogP contribution in [0.4, 0.5) is 10.1 Å². The number of rotatable bonds is 2. The summed E-state index contributed by atoms with van der Waals surface area (Å²) in [6.07, 6.45) is 1.92. The van der Waals surface area contributed by atoms with E-state index in [0.717, 1.165) is 30.1 Å². The summed E-state index contributed by atoms with van der Waals surface area (Å²) in [5.41, 5.74) is 2.33. The van der Waals surface area contributed by atoms with E-state index in [1.165, 1.54) is 12.1 Å². The molecule has 2 aromatic heterocycles. The molecule has 6 heteroatoms. The first kappa shape index (κ1) is 15.6. The summed E-state index contributed by atoms with van der Waals surface area (Å²) in [6.45, 7) is 4.60. The number of pyridine rings is 1. The van der Waals surface area contributed by atoms with Crippen molar-refractivity contribution in [2.24, 2.45) is 0 Å². The van der Waals surface area contributed by atoms with E-state index in [0.29, 0.717) is 18.8 Å². The van der Waals surface area contributed by atoms with Crippen LogP contribution in [0.5, 0.6) is 0 Å². The largest absolute Gasteiger partial charge is 0.368 e. The Balaban J connectivity index is 1.50. The highest BCUT2D eigenvalue weighted by Gasteiger charge is 2.25. The maximum Gasteiger partial charge on any atom is 0.274 e. The zero-order valence-corrected chi connectivity index (χ0v) is 14.0. The Bertz CT molecular complexity index is 911. The molecule has 25 heavy (non-hydrogen) atoms. The van der Waals surface area contributed by atoms with Gasteiger partial charge in [0.2, 0.25) is 0 Å². The lowest BCUT2D eigenvalue weighted by atomic mass is 10.2. The second-order valence-corrected chi connectivity index (χ2v) is 6.22. The highest BCUT2D eigenvalue weighted by atomic mass is 19.1. The first-order chi connectivity index (χ1) is 12.1. The molecule has 5 nitrogen and oxygen atoms in total. The Labute approximate surface area is 145 Å². The fraction of sp³-hybridized carbons (Fsp3) is 0.263. The SMILES string of the molecule is Cc1nc(C(=O)N2CCN(c3ccc(F)cc3)CC2)c2ccccn12. The Hall–Kier alpha value is -2.89. The van der Waals surface area contributed by atoms with Crippen molar-refractivity contribution in [3.8, 4) is 0 Å². The molecule has 1 amide bonds. The Morgan fingerprint density at radius 3 is 2.48 bits per heavy atom. The molecule has 0 spiro atoms. The molecule has 1 saturated heterocycles. The Morgan fingerprint density at radius 2 is 1.76 bits per heavy atom. The number of imidazole rings is 1. The van der Waals surface area contributed by atoms with Crippen molar-refractivity contribution in [2.75, 3.05) is 31.1 Å². The van der Waals surface area contributed by atoms with Gasteiger partial charge in [-0.05, 0) is 43.3 Å². The predicted molar refractivity (Wildman–Crippen MR) is 94.4 cm³/mol. The maximum atomic E-state index is 13.1. The number of benzene rings is 1. The summed E-state index contributed by atoms with van der Waals surface area (Å²) in [4.78, 5) is 21.4. The van der Waals surface area contributed by atoms with Crippen molar-refractivity contribution in [3.05, 3.63) is 66.0 Å². The maximum absolute atomic E-state index is 13.1. The molecule has 0 unspecified atom stereocenters. The third-order valence-electron chi connectivity index (χ3n) is 4.69. The molecule has 1 aliphatic heterocycles. The van der Waals surface area contributed by atoms with Crippen LogP contribution in [0.1, 0.15) is 16.3 Å². The lowest BCUT2D eigenvalue weighted by molar-refractivity contribution is 0.0743. The fourth-order valence-corrected chi connectivity index (χ4v) is 3.32. The second-order valence-electron chi connectivity index (χ2n) is 6.22. The molecule has 1 aromatic carbocycles. The van der Waals surface area contributed by atoms with Crippen molar-refractivity contribution in [3.63, 3.8) is 0 Å². The summed E-state index contributed by atoms with van der Waals surface area (Å²) >= 11 is 0. The number of aryl methyl sites for hydroxylation is 1. The van der Waals surface area contributed by atoms with Crippen molar-refractivity contribution in [1.82, 2.24) is 14.3 Å². The minimum atomic E-state index is -0.236. The van der Waals surface area contributed by atoms with E-state index in [9.17, 15) is 9.18 Å². The topological polar surface area (TPSA) is 40.9 Å². The molecule has 0 bridgehead atoms. The predicted octanol–water partition coefficient (Wildman–Crippen LogP) is 2.74. The number of amides is 1. The van der Waals surface area contributed by atoms with Crippen LogP contribution in [-0.2, 0) is 0 Å². The minimum absolute atomic E-state index is 0.0319. The van der Waals surface area contributed by atoms with Crippen LogP contribution in [0.3, 0.4) is 0 Å². The van der Waals surface area contributed by atoms with Crippen molar-refractivity contribution in [2.45, 2.75) is 6.92 Å². The Morgan fingerprint density at radius 1 is 1.04 bits per heavy atom. The van der Waals surface area contributed by atoms with Gasteiger partial charge in [0.05, 0.1) is 5.52 Å². The van der Waals surface area contributed by atoms with E-state index in [4.69, 9.17) is 0 Å². The van der Waals surface area contributed by atoms with E-state index in [-0.39, 0.29) is 11.7 Å². The molecule has 0 saturated carbocycles. The number of hydrogen-bond donors (Lipinski definition) is 0. The van der Waals surface area contributed by atoms with Gasteiger partial charge in [0.25, 0.3) is 5.91 Å². The quantitative estimate of drug-likeness (QED) is 0.721. The van der Waals surface area contributed by atoms with Crippen LogP contribution in [0, 0.1) is 12.7 Å². The zero-order valence-electron chi connectivity index (χ0n) is 14.0. The number of fused-ring (bicyclic) bond motifs is 1. The van der Waals surface area contributed by atoms with Gasteiger partial charge in [0, 0.05) is 38.1 Å². The summed E-state index contributed by atoms with van der Waals surface area (Å²) in [5.74, 6) is 0.541. The number of carbonyl (C=O) groups excluding carboxylic acids is 1. The van der Waals surface area contributed by atoms with Crippen LogP contribution < -0.4 is 4.90 Å². The molecule has 1 aliphatic rings. The van der Waals surface area contributed by atoms with E-state index in [2.05, 4.69) is 9.88 Å². The van der Waals surface area contributed by atoms with Crippen LogP contribution in [0.15, 0.2) is 48.7 Å².